The molecule has 1 rings (SSSR count). The van der Waals surface area contributed by atoms with Gasteiger partial charge in [0.05, 0.1) is 11.8 Å². The molecule has 1 fully saturated rings. The molecule has 6 nitrogen and oxygen atoms in total. The van der Waals surface area contributed by atoms with Crippen molar-refractivity contribution in [3.8, 4) is 0 Å². The van der Waals surface area contributed by atoms with Crippen LogP contribution in [0.3, 0.4) is 0 Å². The van der Waals surface area contributed by atoms with Gasteiger partial charge in [0.2, 0.25) is 15.9 Å². The van der Waals surface area contributed by atoms with E-state index in [0.29, 0.717) is 19.5 Å². The van der Waals surface area contributed by atoms with Gasteiger partial charge in [-0.1, -0.05) is 0 Å². The Hall–Kier alpha value is -0.660. The van der Waals surface area contributed by atoms with Gasteiger partial charge in [0.15, 0.2) is 0 Å². The van der Waals surface area contributed by atoms with Gasteiger partial charge < -0.3 is 10.6 Å². The van der Waals surface area contributed by atoms with Crippen molar-refractivity contribution in [1.82, 2.24) is 14.9 Å². The maximum atomic E-state index is 12.0. The van der Waals surface area contributed by atoms with Crippen molar-refractivity contribution < 1.29 is 13.2 Å². The molecule has 0 spiro atoms. The normalized spacial score (nSPS) is 21.3. The first-order valence-electron chi connectivity index (χ1n) is 5.41. The SMILES string of the molecule is CCNC(=O)CN(C)S(=O)(=O)C1CCNC1. The second-order valence-corrected chi connectivity index (χ2v) is 6.19. The molecule has 1 aliphatic heterocycles. The number of likely N-dealkylation sites (N-methyl/N-ethyl adjacent to an activating group) is 2. The number of nitrogens with one attached hydrogen (secondary N) is 2. The summed E-state index contributed by atoms with van der Waals surface area (Å²) in [7, 11) is -1.89. The van der Waals surface area contributed by atoms with Crippen LogP contribution in [0.25, 0.3) is 0 Å². The smallest absolute Gasteiger partial charge is 0.235 e. The van der Waals surface area contributed by atoms with Gasteiger partial charge >= 0.3 is 0 Å². The number of hydrogen-bond donors (Lipinski definition) is 2. The van der Waals surface area contributed by atoms with Crippen molar-refractivity contribution in [2.24, 2.45) is 0 Å². The highest BCUT2D eigenvalue weighted by molar-refractivity contribution is 7.89. The molecule has 0 aromatic rings. The molecule has 16 heavy (non-hydrogen) atoms. The molecule has 94 valence electrons. The third-order valence-corrected chi connectivity index (χ3v) is 4.85. The number of carbonyl (C=O) groups is 1. The minimum absolute atomic E-state index is 0.104. The van der Waals surface area contributed by atoms with Crippen molar-refractivity contribution in [2.75, 3.05) is 33.2 Å². The van der Waals surface area contributed by atoms with Crippen LogP contribution in [0.1, 0.15) is 13.3 Å². The van der Waals surface area contributed by atoms with E-state index in [1.54, 1.807) is 6.92 Å². The Morgan fingerprint density at radius 1 is 1.56 bits per heavy atom. The third kappa shape index (κ3) is 3.16. The molecular formula is C9H19N3O3S. The van der Waals surface area contributed by atoms with Crippen LogP contribution in [0.15, 0.2) is 0 Å². The Kier molecular flexibility index (Phi) is 4.69. The molecule has 0 aliphatic carbocycles. The lowest BCUT2D eigenvalue weighted by Crippen LogP contribution is -2.43. The number of carbonyl (C=O) groups excluding carboxylic acids is 1. The summed E-state index contributed by atoms with van der Waals surface area (Å²) >= 11 is 0. The lowest BCUT2D eigenvalue weighted by Gasteiger charge is -2.20. The molecular weight excluding hydrogens is 230 g/mol. The number of nitrogens with zero attached hydrogens (tertiary/aromatic N) is 1. The maximum Gasteiger partial charge on any atom is 0.235 e. The summed E-state index contributed by atoms with van der Waals surface area (Å²) in [5, 5.41) is 5.19. The van der Waals surface area contributed by atoms with Gasteiger partial charge in [-0.15, -0.1) is 0 Å². The van der Waals surface area contributed by atoms with Crippen molar-refractivity contribution in [3.05, 3.63) is 0 Å². The van der Waals surface area contributed by atoms with Gasteiger partial charge in [0.1, 0.15) is 0 Å². The first kappa shape index (κ1) is 13.4. The molecule has 1 unspecified atom stereocenters. The van der Waals surface area contributed by atoms with E-state index in [2.05, 4.69) is 10.6 Å². The molecule has 0 bridgehead atoms. The predicted molar refractivity (Wildman–Crippen MR) is 61.5 cm³/mol. The molecule has 1 aliphatic rings. The molecule has 1 heterocycles. The quantitative estimate of drug-likeness (QED) is 0.638. The number of rotatable bonds is 5. The largest absolute Gasteiger partial charge is 0.355 e. The van der Waals surface area contributed by atoms with Crippen LogP contribution < -0.4 is 10.6 Å². The fourth-order valence-corrected chi connectivity index (χ4v) is 3.23. The average Bonchev–Trinajstić information content (AvgIpc) is 2.70. The molecule has 1 amide bonds. The second-order valence-electron chi connectivity index (χ2n) is 3.87. The Morgan fingerprint density at radius 3 is 2.75 bits per heavy atom. The van der Waals surface area contributed by atoms with Crippen molar-refractivity contribution >= 4 is 15.9 Å². The van der Waals surface area contributed by atoms with Crippen molar-refractivity contribution in [3.63, 3.8) is 0 Å². The first-order chi connectivity index (χ1) is 7.48. The lowest BCUT2D eigenvalue weighted by molar-refractivity contribution is -0.121. The summed E-state index contributed by atoms with van der Waals surface area (Å²) in [6.07, 6.45) is 0.613. The van der Waals surface area contributed by atoms with Crippen LogP contribution in [0.2, 0.25) is 0 Å². The summed E-state index contributed by atoms with van der Waals surface area (Å²) in [5.74, 6) is -0.264. The molecule has 2 N–H and O–H groups in total. The van der Waals surface area contributed by atoms with E-state index in [9.17, 15) is 13.2 Å². The third-order valence-electron chi connectivity index (χ3n) is 2.61. The molecule has 0 radical (unpaired) electrons. The fraction of sp³-hybridized carbons (Fsp3) is 0.889. The van der Waals surface area contributed by atoms with Crippen molar-refractivity contribution in [1.29, 1.82) is 0 Å². The van der Waals surface area contributed by atoms with Gasteiger partial charge in [0, 0.05) is 20.1 Å². The summed E-state index contributed by atoms with van der Waals surface area (Å²) in [5.41, 5.74) is 0. The van der Waals surface area contributed by atoms with Crippen LogP contribution in [0.5, 0.6) is 0 Å². The molecule has 1 saturated heterocycles. The molecule has 7 heteroatoms. The van der Waals surface area contributed by atoms with Gasteiger partial charge in [-0.25, -0.2) is 8.42 Å². The van der Waals surface area contributed by atoms with E-state index < -0.39 is 15.3 Å². The zero-order chi connectivity index (χ0) is 12.2. The zero-order valence-corrected chi connectivity index (χ0v) is 10.5. The summed E-state index contributed by atoms with van der Waals surface area (Å²) in [4.78, 5) is 11.3. The van der Waals surface area contributed by atoms with E-state index in [0.717, 1.165) is 10.8 Å². The first-order valence-corrected chi connectivity index (χ1v) is 6.91. The van der Waals surface area contributed by atoms with Gasteiger partial charge in [-0.3, -0.25) is 4.79 Å². The lowest BCUT2D eigenvalue weighted by atomic mass is 10.4. The number of amides is 1. The van der Waals surface area contributed by atoms with Crippen LogP contribution >= 0.6 is 0 Å². The van der Waals surface area contributed by atoms with Crippen LogP contribution in [-0.4, -0.2) is 57.1 Å². The minimum Gasteiger partial charge on any atom is -0.355 e. The van der Waals surface area contributed by atoms with Crippen LogP contribution in [0, 0.1) is 0 Å². The number of sulfonamides is 1. The molecule has 0 saturated carbocycles. The van der Waals surface area contributed by atoms with E-state index in [1.165, 1.54) is 7.05 Å². The summed E-state index contributed by atoms with van der Waals surface area (Å²) in [6, 6.07) is 0. The highest BCUT2D eigenvalue weighted by Gasteiger charge is 2.32. The number of hydrogen-bond acceptors (Lipinski definition) is 4. The van der Waals surface area contributed by atoms with Gasteiger partial charge in [-0.05, 0) is 19.9 Å². The highest BCUT2D eigenvalue weighted by atomic mass is 32.2. The van der Waals surface area contributed by atoms with E-state index in [4.69, 9.17) is 0 Å². The Morgan fingerprint density at radius 2 is 2.25 bits per heavy atom. The molecule has 0 aromatic heterocycles. The van der Waals surface area contributed by atoms with E-state index in [-0.39, 0.29) is 12.5 Å². The predicted octanol–water partition coefficient (Wildman–Crippen LogP) is -1.25. The van der Waals surface area contributed by atoms with Crippen LogP contribution in [0.4, 0.5) is 0 Å². The maximum absolute atomic E-state index is 12.0. The van der Waals surface area contributed by atoms with Gasteiger partial charge in [0.25, 0.3) is 0 Å². The molecule has 0 aromatic carbocycles. The zero-order valence-electron chi connectivity index (χ0n) is 9.69. The fourth-order valence-electron chi connectivity index (χ4n) is 1.68. The standard InChI is InChI=1S/C9H19N3O3S/c1-3-11-9(13)7-12(2)16(14,15)8-4-5-10-6-8/h8,10H,3-7H2,1-2H3,(H,11,13). The Bertz CT molecular complexity index is 336. The van der Waals surface area contributed by atoms with Crippen LogP contribution in [-0.2, 0) is 14.8 Å². The molecule has 1 atom stereocenters. The summed E-state index contributed by atoms with van der Waals surface area (Å²) < 4.78 is 25.1. The highest BCUT2D eigenvalue weighted by Crippen LogP contribution is 2.13. The minimum atomic E-state index is -3.34. The van der Waals surface area contributed by atoms with E-state index in [1.807, 2.05) is 0 Å². The topological polar surface area (TPSA) is 78.5 Å². The average molecular weight is 249 g/mol. The van der Waals surface area contributed by atoms with E-state index >= 15 is 0 Å². The monoisotopic (exact) mass is 249 g/mol. The Balaban J connectivity index is 2.57. The van der Waals surface area contributed by atoms with Gasteiger partial charge in [-0.2, -0.15) is 4.31 Å². The second kappa shape index (κ2) is 5.60. The van der Waals surface area contributed by atoms with Crippen molar-refractivity contribution in [2.45, 2.75) is 18.6 Å². The summed E-state index contributed by atoms with van der Waals surface area (Å²) in [6.45, 7) is 3.40. The Labute approximate surface area is 96.4 Å².